The van der Waals surface area contributed by atoms with E-state index in [9.17, 15) is 9.59 Å². The fraction of sp³-hybridized carbons (Fsp3) is 0.700. The molecule has 0 aromatic heterocycles. The molecule has 1 fully saturated rings. The minimum Gasteiger partial charge on any atom is -0.467 e. The standard InChI is InChI=1S/C10H16N2O4S/c1-6(8(11)17)9(13)12-3-4-16-5-7(12)10(14)15-2/h6-7H,3-5H2,1-2H3,(H2,11,17). The SMILES string of the molecule is COC(=O)C1COCCN1C(=O)C(C)C(N)=S. The number of ether oxygens (including phenoxy) is 2. The van der Waals surface area contributed by atoms with Crippen molar-refractivity contribution >= 4 is 29.1 Å². The average Bonchev–Trinajstić information content (AvgIpc) is 2.35. The van der Waals surface area contributed by atoms with E-state index in [0.29, 0.717) is 13.2 Å². The molecule has 0 saturated carbocycles. The summed E-state index contributed by atoms with van der Waals surface area (Å²) in [5.41, 5.74) is 5.43. The first kappa shape index (κ1) is 13.9. The van der Waals surface area contributed by atoms with Gasteiger partial charge < -0.3 is 20.1 Å². The maximum absolute atomic E-state index is 12.1. The molecule has 1 amide bonds. The Balaban J connectivity index is 2.81. The molecule has 2 N–H and O–H groups in total. The molecule has 1 heterocycles. The third-order valence-electron chi connectivity index (χ3n) is 2.68. The minimum absolute atomic E-state index is 0.116. The highest BCUT2D eigenvalue weighted by molar-refractivity contribution is 7.80. The molecular formula is C10H16N2O4S. The van der Waals surface area contributed by atoms with E-state index in [2.05, 4.69) is 4.74 Å². The molecule has 1 saturated heterocycles. The van der Waals surface area contributed by atoms with Crippen molar-refractivity contribution in [3.05, 3.63) is 0 Å². The van der Waals surface area contributed by atoms with Gasteiger partial charge in [0, 0.05) is 6.54 Å². The van der Waals surface area contributed by atoms with Crippen molar-refractivity contribution in [1.82, 2.24) is 4.90 Å². The zero-order chi connectivity index (χ0) is 13.0. The summed E-state index contributed by atoms with van der Waals surface area (Å²) in [6.45, 7) is 2.49. The highest BCUT2D eigenvalue weighted by atomic mass is 32.1. The van der Waals surface area contributed by atoms with Gasteiger partial charge in [-0.05, 0) is 6.92 Å². The Morgan fingerprint density at radius 2 is 2.24 bits per heavy atom. The predicted molar refractivity (Wildman–Crippen MR) is 64.3 cm³/mol. The second kappa shape index (κ2) is 5.92. The van der Waals surface area contributed by atoms with E-state index in [4.69, 9.17) is 22.7 Å². The summed E-state index contributed by atoms with van der Waals surface area (Å²) in [7, 11) is 1.27. The van der Waals surface area contributed by atoms with Crippen molar-refractivity contribution < 1.29 is 19.1 Å². The summed E-state index contributed by atoms with van der Waals surface area (Å²) in [5.74, 6) is -1.35. The van der Waals surface area contributed by atoms with Crippen LogP contribution < -0.4 is 5.73 Å². The topological polar surface area (TPSA) is 81.9 Å². The molecule has 6 nitrogen and oxygen atoms in total. The average molecular weight is 260 g/mol. The van der Waals surface area contributed by atoms with Gasteiger partial charge in [0.25, 0.3) is 0 Å². The molecule has 0 aliphatic carbocycles. The number of rotatable bonds is 3. The fourth-order valence-corrected chi connectivity index (χ4v) is 1.67. The summed E-state index contributed by atoms with van der Waals surface area (Å²) >= 11 is 4.78. The van der Waals surface area contributed by atoms with E-state index in [0.717, 1.165) is 0 Å². The van der Waals surface area contributed by atoms with Crippen molar-refractivity contribution in [3.63, 3.8) is 0 Å². The van der Waals surface area contributed by atoms with E-state index in [1.807, 2.05) is 0 Å². The smallest absolute Gasteiger partial charge is 0.331 e. The van der Waals surface area contributed by atoms with Crippen LogP contribution in [0.4, 0.5) is 0 Å². The molecule has 2 unspecified atom stereocenters. The number of morpholine rings is 1. The van der Waals surface area contributed by atoms with Gasteiger partial charge in [0.1, 0.15) is 0 Å². The first-order valence-corrected chi connectivity index (χ1v) is 5.65. The maximum Gasteiger partial charge on any atom is 0.331 e. The van der Waals surface area contributed by atoms with Gasteiger partial charge in [-0.3, -0.25) is 4.79 Å². The van der Waals surface area contributed by atoms with E-state index in [1.165, 1.54) is 12.0 Å². The van der Waals surface area contributed by atoms with Crippen molar-refractivity contribution in [2.75, 3.05) is 26.9 Å². The van der Waals surface area contributed by atoms with Crippen molar-refractivity contribution in [1.29, 1.82) is 0 Å². The lowest BCUT2D eigenvalue weighted by atomic mass is 10.1. The molecule has 96 valence electrons. The van der Waals surface area contributed by atoms with Gasteiger partial charge in [-0.1, -0.05) is 12.2 Å². The zero-order valence-electron chi connectivity index (χ0n) is 9.84. The second-order valence-electron chi connectivity index (χ2n) is 3.77. The highest BCUT2D eigenvalue weighted by Crippen LogP contribution is 2.13. The van der Waals surface area contributed by atoms with Crippen LogP contribution in [0.2, 0.25) is 0 Å². The first-order valence-electron chi connectivity index (χ1n) is 5.24. The van der Waals surface area contributed by atoms with Crippen LogP contribution in [0.5, 0.6) is 0 Å². The molecule has 1 rings (SSSR count). The van der Waals surface area contributed by atoms with Gasteiger partial charge in [0.2, 0.25) is 5.91 Å². The molecule has 1 aliphatic heterocycles. The van der Waals surface area contributed by atoms with Gasteiger partial charge >= 0.3 is 5.97 Å². The molecule has 0 aromatic carbocycles. The van der Waals surface area contributed by atoms with Gasteiger partial charge in [-0.15, -0.1) is 0 Å². The van der Waals surface area contributed by atoms with Crippen molar-refractivity contribution in [2.45, 2.75) is 13.0 Å². The van der Waals surface area contributed by atoms with E-state index in [-0.39, 0.29) is 17.5 Å². The Bertz CT molecular complexity index is 334. The van der Waals surface area contributed by atoms with Gasteiger partial charge in [-0.25, -0.2) is 4.79 Å². The third kappa shape index (κ3) is 3.13. The number of nitrogens with zero attached hydrogens (tertiary/aromatic N) is 1. The Kier molecular flexibility index (Phi) is 4.83. The molecule has 7 heteroatoms. The van der Waals surface area contributed by atoms with Gasteiger partial charge in [0.15, 0.2) is 6.04 Å². The third-order valence-corrected chi connectivity index (χ3v) is 3.04. The summed E-state index contributed by atoms with van der Waals surface area (Å²) in [6.07, 6.45) is 0. The van der Waals surface area contributed by atoms with E-state index < -0.39 is 17.9 Å². The Morgan fingerprint density at radius 3 is 2.76 bits per heavy atom. The molecular weight excluding hydrogens is 244 g/mol. The molecule has 1 aliphatic rings. The van der Waals surface area contributed by atoms with Crippen LogP contribution in [0.3, 0.4) is 0 Å². The normalized spacial score (nSPS) is 21.8. The summed E-state index contributed by atoms with van der Waals surface area (Å²) in [4.78, 5) is 25.1. The van der Waals surface area contributed by atoms with Crippen molar-refractivity contribution in [3.8, 4) is 0 Å². The molecule has 0 spiro atoms. The lowest BCUT2D eigenvalue weighted by molar-refractivity contribution is -0.161. The molecule has 0 aromatic rings. The monoisotopic (exact) mass is 260 g/mol. The number of esters is 1. The summed E-state index contributed by atoms with van der Waals surface area (Å²) < 4.78 is 9.80. The maximum atomic E-state index is 12.1. The highest BCUT2D eigenvalue weighted by Gasteiger charge is 2.36. The van der Waals surface area contributed by atoms with E-state index >= 15 is 0 Å². The van der Waals surface area contributed by atoms with Crippen molar-refractivity contribution in [2.24, 2.45) is 11.7 Å². The van der Waals surface area contributed by atoms with Gasteiger partial charge in [-0.2, -0.15) is 0 Å². The summed E-state index contributed by atoms with van der Waals surface area (Å²) in [6, 6.07) is -0.710. The largest absolute Gasteiger partial charge is 0.467 e. The molecule has 2 atom stereocenters. The number of amides is 1. The minimum atomic E-state index is -0.710. The van der Waals surface area contributed by atoms with E-state index in [1.54, 1.807) is 6.92 Å². The number of hydrogen-bond acceptors (Lipinski definition) is 5. The number of carbonyl (C=O) groups is 2. The quantitative estimate of drug-likeness (QED) is 0.534. The Hall–Kier alpha value is -1.21. The summed E-state index contributed by atoms with van der Waals surface area (Å²) in [5, 5.41) is 0. The molecule has 17 heavy (non-hydrogen) atoms. The molecule has 0 bridgehead atoms. The predicted octanol–water partition coefficient (Wildman–Crippen LogP) is -0.691. The van der Waals surface area contributed by atoms with Crippen LogP contribution >= 0.6 is 12.2 Å². The van der Waals surface area contributed by atoms with Crippen LogP contribution in [0.15, 0.2) is 0 Å². The number of thiocarbonyl (C=S) groups is 1. The Morgan fingerprint density at radius 1 is 1.59 bits per heavy atom. The number of nitrogens with two attached hydrogens (primary N) is 1. The lowest BCUT2D eigenvalue weighted by Crippen LogP contribution is -2.55. The number of hydrogen-bond donors (Lipinski definition) is 1. The van der Waals surface area contributed by atoms with Crippen LogP contribution in [0.25, 0.3) is 0 Å². The van der Waals surface area contributed by atoms with Gasteiger partial charge in [0.05, 0.1) is 31.2 Å². The van der Waals surface area contributed by atoms with Crippen LogP contribution in [0.1, 0.15) is 6.92 Å². The fourth-order valence-electron chi connectivity index (χ4n) is 1.57. The molecule has 0 radical (unpaired) electrons. The van der Waals surface area contributed by atoms with Crippen LogP contribution in [-0.2, 0) is 19.1 Å². The number of methoxy groups -OCH3 is 1. The first-order chi connectivity index (χ1) is 7.99. The Labute approximate surface area is 105 Å². The number of carbonyl (C=O) groups excluding carboxylic acids is 2. The lowest BCUT2D eigenvalue weighted by Gasteiger charge is -2.35. The van der Waals surface area contributed by atoms with Crippen LogP contribution in [0, 0.1) is 5.92 Å². The zero-order valence-corrected chi connectivity index (χ0v) is 10.7. The second-order valence-corrected chi connectivity index (χ2v) is 4.24. The van der Waals surface area contributed by atoms with Crippen LogP contribution in [-0.4, -0.2) is 54.7 Å².